The van der Waals surface area contributed by atoms with E-state index in [1.807, 2.05) is 56.3 Å². The van der Waals surface area contributed by atoms with E-state index >= 15 is 0 Å². The highest BCUT2D eigenvalue weighted by Gasteiger charge is 2.21. The van der Waals surface area contributed by atoms with Crippen LogP contribution in [-0.2, 0) is 11.3 Å². The summed E-state index contributed by atoms with van der Waals surface area (Å²) < 4.78 is 12.8. The molecule has 6 nitrogen and oxygen atoms in total. The van der Waals surface area contributed by atoms with Gasteiger partial charge < -0.3 is 9.15 Å². The van der Waals surface area contributed by atoms with Crippen LogP contribution in [0.3, 0.4) is 0 Å². The number of carbonyl (C=O) groups is 1. The van der Waals surface area contributed by atoms with E-state index in [-0.39, 0.29) is 6.61 Å². The molecule has 0 atom stereocenters. The normalized spacial score (nSPS) is 11.3. The number of benzene rings is 2. The molecule has 0 N–H and O–H groups in total. The molecule has 0 amide bonds. The van der Waals surface area contributed by atoms with Gasteiger partial charge in [-0.25, -0.2) is 14.3 Å². The summed E-state index contributed by atoms with van der Waals surface area (Å²) in [6, 6.07) is 14.9. The second-order valence-electron chi connectivity index (χ2n) is 8.32. The molecule has 2 aromatic carbocycles. The van der Waals surface area contributed by atoms with Gasteiger partial charge in [-0.05, 0) is 62.1 Å². The van der Waals surface area contributed by atoms with Crippen LogP contribution in [0, 0.1) is 20.8 Å². The average molecular weight is 431 g/mol. The smallest absolute Gasteiger partial charge is 0.342 e. The second kappa shape index (κ2) is 8.46. The molecule has 2 heterocycles. The van der Waals surface area contributed by atoms with E-state index in [4.69, 9.17) is 9.15 Å². The van der Waals surface area contributed by atoms with Gasteiger partial charge in [0, 0.05) is 17.0 Å². The van der Waals surface area contributed by atoms with E-state index in [0.717, 1.165) is 22.2 Å². The first kappa shape index (κ1) is 21.6. The molecular weight excluding hydrogens is 404 g/mol. The Morgan fingerprint density at radius 2 is 1.81 bits per heavy atom. The fraction of sp³-hybridized carbons (Fsp3) is 0.269. The maximum absolute atomic E-state index is 13.0. The van der Waals surface area contributed by atoms with Crippen molar-refractivity contribution in [2.45, 2.75) is 47.1 Å². The van der Waals surface area contributed by atoms with Crippen molar-refractivity contribution in [3.05, 3.63) is 92.6 Å². The largest absolute Gasteiger partial charge is 0.457 e. The van der Waals surface area contributed by atoms with Crippen LogP contribution in [0.1, 0.15) is 58.2 Å². The minimum absolute atomic E-state index is 0.0308. The number of hydrogen-bond acceptors (Lipinski definition) is 5. The summed E-state index contributed by atoms with van der Waals surface area (Å²) in [5.41, 5.74) is 5.46. The molecule has 4 rings (SSSR count). The van der Waals surface area contributed by atoms with Crippen molar-refractivity contribution in [3.63, 3.8) is 0 Å². The van der Waals surface area contributed by atoms with Gasteiger partial charge in [0.2, 0.25) is 0 Å². The lowest BCUT2D eigenvalue weighted by Crippen LogP contribution is -2.10. The highest BCUT2D eigenvalue weighted by Crippen LogP contribution is 2.27. The van der Waals surface area contributed by atoms with Crippen molar-refractivity contribution in [3.8, 4) is 5.69 Å². The van der Waals surface area contributed by atoms with E-state index in [1.165, 1.54) is 6.07 Å². The fourth-order valence-corrected chi connectivity index (χ4v) is 4.11. The van der Waals surface area contributed by atoms with E-state index in [1.54, 1.807) is 11.6 Å². The van der Waals surface area contributed by atoms with Crippen molar-refractivity contribution in [1.82, 2.24) is 9.78 Å². The van der Waals surface area contributed by atoms with Gasteiger partial charge in [-0.2, -0.15) is 5.10 Å². The zero-order valence-corrected chi connectivity index (χ0v) is 18.9. The Balaban J connectivity index is 1.66. The molecule has 0 saturated carbocycles. The van der Waals surface area contributed by atoms with E-state index in [0.29, 0.717) is 34.0 Å². The van der Waals surface area contributed by atoms with Gasteiger partial charge in [0.25, 0.3) is 0 Å². The molecule has 164 valence electrons. The molecule has 0 radical (unpaired) electrons. The predicted molar refractivity (Wildman–Crippen MR) is 123 cm³/mol. The number of esters is 1. The number of fused-ring (bicyclic) bond motifs is 1. The minimum Gasteiger partial charge on any atom is -0.457 e. The van der Waals surface area contributed by atoms with Gasteiger partial charge in [0.1, 0.15) is 17.8 Å². The average Bonchev–Trinajstić information content (AvgIpc) is 3.05. The van der Waals surface area contributed by atoms with Crippen LogP contribution in [0.4, 0.5) is 0 Å². The predicted octanol–water partition coefficient (Wildman–Crippen LogP) is 5.38. The summed E-state index contributed by atoms with van der Waals surface area (Å²) in [4.78, 5) is 25.1. The third-order valence-corrected chi connectivity index (χ3v) is 5.69. The summed E-state index contributed by atoms with van der Waals surface area (Å²) in [6.07, 6.45) is 0. The van der Waals surface area contributed by atoms with Crippen LogP contribution in [-0.4, -0.2) is 15.7 Å². The lowest BCUT2D eigenvalue weighted by molar-refractivity contribution is 0.0472. The molecule has 32 heavy (non-hydrogen) atoms. The number of carbonyl (C=O) groups excluding carboxylic acids is 1. The van der Waals surface area contributed by atoms with E-state index < -0.39 is 11.6 Å². The van der Waals surface area contributed by atoms with E-state index in [2.05, 4.69) is 18.9 Å². The number of aryl methyl sites for hydroxylation is 2. The van der Waals surface area contributed by atoms with Crippen molar-refractivity contribution in [1.29, 1.82) is 0 Å². The summed E-state index contributed by atoms with van der Waals surface area (Å²) in [5, 5.41) is 5.29. The van der Waals surface area contributed by atoms with Crippen molar-refractivity contribution in [2.24, 2.45) is 0 Å². The first-order valence-corrected chi connectivity index (χ1v) is 10.6. The monoisotopic (exact) mass is 430 g/mol. The van der Waals surface area contributed by atoms with Gasteiger partial charge in [-0.1, -0.05) is 32.0 Å². The maximum Gasteiger partial charge on any atom is 0.342 e. The van der Waals surface area contributed by atoms with Crippen molar-refractivity contribution in [2.75, 3.05) is 0 Å². The van der Waals surface area contributed by atoms with Crippen LogP contribution < -0.4 is 5.63 Å². The Bertz CT molecular complexity index is 1360. The molecule has 0 saturated heterocycles. The van der Waals surface area contributed by atoms with Crippen molar-refractivity contribution < 1.29 is 13.9 Å². The molecule has 4 aromatic rings. The van der Waals surface area contributed by atoms with Gasteiger partial charge in [-0.3, -0.25) is 0 Å². The zero-order chi connectivity index (χ0) is 23.0. The second-order valence-corrected chi connectivity index (χ2v) is 8.32. The third-order valence-electron chi connectivity index (χ3n) is 5.69. The molecule has 0 bridgehead atoms. The number of rotatable bonds is 5. The lowest BCUT2D eigenvalue weighted by Gasteiger charge is -2.13. The van der Waals surface area contributed by atoms with Crippen LogP contribution in [0.15, 0.2) is 57.7 Å². The topological polar surface area (TPSA) is 74.3 Å². The van der Waals surface area contributed by atoms with Crippen LogP contribution in [0.2, 0.25) is 0 Å². The molecule has 2 aromatic heterocycles. The molecule has 0 spiro atoms. The number of hydrogen-bond donors (Lipinski definition) is 0. The van der Waals surface area contributed by atoms with Crippen molar-refractivity contribution >= 4 is 16.9 Å². The zero-order valence-electron chi connectivity index (χ0n) is 18.9. The Kier molecular flexibility index (Phi) is 5.70. The molecule has 0 unspecified atom stereocenters. The first-order chi connectivity index (χ1) is 15.3. The summed E-state index contributed by atoms with van der Waals surface area (Å²) in [7, 11) is 0. The summed E-state index contributed by atoms with van der Waals surface area (Å²) in [6.45, 7) is 9.82. The van der Waals surface area contributed by atoms with Crippen LogP contribution >= 0.6 is 0 Å². The highest BCUT2D eigenvalue weighted by molar-refractivity contribution is 5.92. The maximum atomic E-state index is 13.0. The quantitative estimate of drug-likeness (QED) is 0.314. The Hall–Kier alpha value is -3.67. The third kappa shape index (κ3) is 3.96. The van der Waals surface area contributed by atoms with Gasteiger partial charge >= 0.3 is 11.6 Å². The Labute approximate surface area is 186 Å². The number of para-hydroxylation sites is 1. The summed E-state index contributed by atoms with van der Waals surface area (Å²) >= 11 is 0. The summed E-state index contributed by atoms with van der Waals surface area (Å²) in [5.74, 6) is -0.157. The van der Waals surface area contributed by atoms with Gasteiger partial charge in [0.15, 0.2) is 0 Å². The SMILES string of the molecule is Cc1cc2oc(=O)cc(COC(=O)c3c(C)nn(-c4ccccc4)c3C)c2cc1C(C)C. The molecule has 0 fully saturated rings. The van der Waals surface area contributed by atoms with Crippen LogP contribution in [0.5, 0.6) is 0 Å². The lowest BCUT2D eigenvalue weighted by atomic mass is 9.95. The first-order valence-electron chi connectivity index (χ1n) is 10.6. The highest BCUT2D eigenvalue weighted by atomic mass is 16.5. The standard InChI is InChI=1S/C26H26N2O4/c1-15(2)21-13-22-19(12-24(29)32-23(22)11-16(21)3)14-31-26(30)25-17(4)27-28(18(25)5)20-9-7-6-8-10-20/h6-13,15H,14H2,1-5H3. The molecule has 0 aliphatic rings. The Morgan fingerprint density at radius 1 is 1.09 bits per heavy atom. The number of ether oxygens (including phenoxy) is 1. The fourth-order valence-electron chi connectivity index (χ4n) is 4.11. The van der Waals surface area contributed by atoms with Gasteiger partial charge in [0.05, 0.1) is 17.1 Å². The molecule has 0 aliphatic heterocycles. The number of nitrogens with zero attached hydrogens (tertiary/aromatic N) is 2. The molecule has 6 heteroatoms. The Morgan fingerprint density at radius 3 is 2.50 bits per heavy atom. The minimum atomic E-state index is -0.472. The van der Waals surface area contributed by atoms with Gasteiger partial charge in [-0.15, -0.1) is 0 Å². The molecular formula is C26H26N2O4. The molecule has 0 aliphatic carbocycles. The van der Waals surface area contributed by atoms with Crippen LogP contribution in [0.25, 0.3) is 16.7 Å². The number of aromatic nitrogens is 2. The van der Waals surface area contributed by atoms with E-state index in [9.17, 15) is 9.59 Å².